The van der Waals surface area contributed by atoms with Crippen LogP contribution in [0.1, 0.15) is 10.4 Å². The van der Waals surface area contributed by atoms with E-state index in [4.69, 9.17) is 4.42 Å². The lowest BCUT2D eigenvalue weighted by molar-refractivity contribution is 0.102. The number of carbonyl (C=O) groups is 1. The summed E-state index contributed by atoms with van der Waals surface area (Å²) in [6.45, 7) is 0. The number of halogens is 2. The highest BCUT2D eigenvalue weighted by Crippen LogP contribution is 2.22. The third kappa shape index (κ3) is 3.20. The van der Waals surface area contributed by atoms with Crippen LogP contribution in [-0.2, 0) is 0 Å². The van der Waals surface area contributed by atoms with Gasteiger partial charge < -0.3 is 4.42 Å². The van der Waals surface area contributed by atoms with Crippen molar-refractivity contribution in [2.75, 3.05) is 5.32 Å². The van der Waals surface area contributed by atoms with Crippen molar-refractivity contribution in [3.63, 3.8) is 0 Å². The van der Waals surface area contributed by atoms with E-state index in [2.05, 4.69) is 31.4 Å². The van der Waals surface area contributed by atoms with Crippen LogP contribution < -0.4 is 5.32 Å². The van der Waals surface area contributed by atoms with Crippen LogP contribution in [0.25, 0.3) is 11.5 Å². The largest absolute Gasteiger partial charge is 0.403 e. The Balaban J connectivity index is 1.75. The van der Waals surface area contributed by atoms with Gasteiger partial charge in [-0.3, -0.25) is 10.1 Å². The number of amides is 1. The molecule has 1 amide bonds. The van der Waals surface area contributed by atoms with Crippen molar-refractivity contribution in [3.8, 4) is 11.5 Å². The van der Waals surface area contributed by atoms with E-state index in [9.17, 15) is 9.18 Å². The molecule has 3 aromatic rings. The van der Waals surface area contributed by atoms with Gasteiger partial charge in [0.2, 0.25) is 5.89 Å². The van der Waals surface area contributed by atoms with E-state index in [1.54, 1.807) is 0 Å². The van der Waals surface area contributed by atoms with Gasteiger partial charge in [0.05, 0.1) is 0 Å². The van der Waals surface area contributed by atoms with Crippen molar-refractivity contribution in [2.45, 2.75) is 0 Å². The molecule has 5 nitrogen and oxygen atoms in total. The molecule has 0 unspecified atom stereocenters. The highest BCUT2D eigenvalue weighted by molar-refractivity contribution is 9.10. The Bertz CT molecular complexity index is 800. The second-order valence-corrected chi connectivity index (χ2v) is 5.30. The first-order valence-corrected chi connectivity index (χ1v) is 7.07. The summed E-state index contributed by atoms with van der Waals surface area (Å²) in [5.74, 6) is -0.570. The summed E-state index contributed by atoms with van der Waals surface area (Å²) in [4.78, 5) is 11.9. The molecule has 0 saturated heterocycles. The Morgan fingerprint density at radius 2 is 1.73 bits per heavy atom. The summed E-state index contributed by atoms with van der Waals surface area (Å²) < 4.78 is 19.1. The highest BCUT2D eigenvalue weighted by Gasteiger charge is 2.12. The molecule has 110 valence electrons. The molecule has 0 saturated carbocycles. The van der Waals surface area contributed by atoms with Gasteiger partial charge in [-0.2, -0.15) is 0 Å². The predicted octanol–water partition coefficient (Wildman–Crippen LogP) is 3.89. The number of rotatable bonds is 3. The van der Waals surface area contributed by atoms with Crippen LogP contribution in [0.15, 0.2) is 57.4 Å². The minimum atomic E-state index is -0.453. The van der Waals surface area contributed by atoms with E-state index in [1.165, 1.54) is 24.3 Å². The van der Waals surface area contributed by atoms with Crippen LogP contribution in [-0.4, -0.2) is 16.1 Å². The third-order valence-corrected chi connectivity index (χ3v) is 3.37. The molecule has 22 heavy (non-hydrogen) atoms. The van der Waals surface area contributed by atoms with E-state index in [0.29, 0.717) is 11.5 Å². The maximum absolute atomic E-state index is 12.8. The first-order valence-electron chi connectivity index (χ1n) is 6.28. The molecule has 0 aliphatic rings. The van der Waals surface area contributed by atoms with E-state index >= 15 is 0 Å². The first-order chi connectivity index (χ1) is 10.6. The van der Waals surface area contributed by atoms with Gasteiger partial charge in [0.15, 0.2) is 0 Å². The molecule has 0 bridgehead atoms. The topological polar surface area (TPSA) is 68.0 Å². The van der Waals surface area contributed by atoms with Gasteiger partial charge in [-0.1, -0.05) is 21.0 Å². The van der Waals surface area contributed by atoms with Gasteiger partial charge in [-0.15, -0.1) is 5.10 Å². The molecule has 1 aromatic heterocycles. The van der Waals surface area contributed by atoms with Crippen LogP contribution in [0.5, 0.6) is 0 Å². The monoisotopic (exact) mass is 361 g/mol. The summed E-state index contributed by atoms with van der Waals surface area (Å²) in [6.07, 6.45) is 0. The lowest BCUT2D eigenvalue weighted by Crippen LogP contribution is -2.12. The fourth-order valence-corrected chi connectivity index (χ4v) is 2.02. The Kier molecular flexibility index (Phi) is 3.97. The number of hydrogen-bond donors (Lipinski definition) is 1. The molecule has 2 aromatic carbocycles. The molecule has 0 aliphatic heterocycles. The average Bonchev–Trinajstić information content (AvgIpc) is 2.97. The summed E-state index contributed by atoms with van der Waals surface area (Å²) >= 11 is 3.34. The smallest absolute Gasteiger partial charge is 0.322 e. The van der Waals surface area contributed by atoms with Gasteiger partial charge in [-0.05, 0) is 48.5 Å². The number of nitrogens with zero attached hydrogens (tertiary/aromatic N) is 2. The molecule has 0 fully saturated rings. The van der Waals surface area contributed by atoms with Crippen molar-refractivity contribution in [1.82, 2.24) is 10.2 Å². The summed E-state index contributed by atoms with van der Waals surface area (Å²) in [7, 11) is 0. The van der Waals surface area contributed by atoms with Crippen molar-refractivity contribution < 1.29 is 13.6 Å². The lowest BCUT2D eigenvalue weighted by Gasteiger charge is -2.00. The minimum Gasteiger partial charge on any atom is -0.403 e. The zero-order valence-electron chi connectivity index (χ0n) is 11.1. The van der Waals surface area contributed by atoms with Crippen LogP contribution in [0.2, 0.25) is 0 Å². The Hall–Kier alpha value is -2.54. The molecule has 1 N–H and O–H groups in total. The first kappa shape index (κ1) is 14.4. The number of carbonyl (C=O) groups excluding carboxylic acids is 1. The van der Waals surface area contributed by atoms with Crippen molar-refractivity contribution in [1.29, 1.82) is 0 Å². The summed E-state index contributed by atoms with van der Waals surface area (Å²) in [6, 6.07) is 12.4. The predicted molar refractivity (Wildman–Crippen MR) is 81.8 cm³/mol. The number of aromatic nitrogens is 2. The van der Waals surface area contributed by atoms with Crippen LogP contribution in [0.4, 0.5) is 10.4 Å². The molecule has 0 spiro atoms. The van der Waals surface area contributed by atoms with Crippen molar-refractivity contribution in [3.05, 3.63) is 64.4 Å². The molecule has 0 aliphatic carbocycles. The zero-order chi connectivity index (χ0) is 15.5. The third-order valence-electron chi connectivity index (χ3n) is 2.84. The maximum atomic E-state index is 12.8. The highest BCUT2D eigenvalue weighted by atomic mass is 79.9. The fraction of sp³-hybridized carbons (Fsp3) is 0. The Labute approximate surface area is 133 Å². The second-order valence-electron chi connectivity index (χ2n) is 4.38. The minimum absolute atomic E-state index is 0.0211. The SMILES string of the molecule is O=C(Nc1nnc(-c2ccc(Br)cc2)o1)c1ccc(F)cc1. The standard InChI is InChI=1S/C15H9BrFN3O2/c16-11-5-1-10(2-6-11)14-19-20-15(22-14)18-13(21)9-3-7-12(17)8-4-9/h1-8H,(H,18,20,21). The fourth-order valence-electron chi connectivity index (χ4n) is 1.75. The van der Waals surface area contributed by atoms with Gasteiger partial charge >= 0.3 is 6.01 Å². The zero-order valence-corrected chi connectivity index (χ0v) is 12.7. The van der Waals surface area contributed by atoms with E-state index < -0.39 is 11.7 Å². The summed E-state index contributed by atoms with van der Waals surface area (Å²) in [5, 5.41) is 10.1. The van der Waals surface area contributed by atoms with Gasteiger partial charge in [0, 0.05) is 15.6 Å². The van der Waals surface area contributed by atoms with E-state index in [1.807, 2.05) is 24.3 Å². The number of anilines is 1. The van der Waals surface area contributed by atoms with Gasteiger partial charge in [0.1, 0.15) is 5.82 Å². The van der Waals surface area contributed by atoms with E-state index in [0.717, 1.165) is 10.0 Å². The number of nitrogens with one attached hydrogen (secondary N) is 1. The van der Waals surface area contributed by atoms with Gasteiger partial charge in [-0.25, -0.2) is 4.39 Å². The maximum Gasteiger partial charge on any atom is 0.322 e. The normalized spacial score (nSPS) is 10.5. The van der Waals surface area contributed by atoms with Gasteiger partial charge in [0.25, 0.3) is 5.91 Å². The molecule has 3 rings (SSSR count). The molecular formula is C15H9BrFN3O2. The number of hydrogen-bond acceptors (Lipinski definition) is 4. The molecule has 0 radical (unpaired) electrons. The van der Waals surface area contributed by atoms with Crippen LogP contribution in [0, 0.1) is 5.82 Å². The average molecular weight is 362 g/mol. The quantitative estimate of drug-likeness (QED) is 0.768. The van der Waals surface area contributed by atoms with Crippen LogP contribution >= 0.6 is 15.9 Å². The molecule has 0 atom stereocenters. The Morgan fingerprint density at radius 3 is 2.41 bits per heavy atom. The van der Waals surface area contributed by atoms with Crippen molar-refractivity contribution in [2.24, 2.45) is 0 Å². The molecular weight excluding hydrogens is 353 g/mol. The van der Waals surface area contributed by atoms with Crippen LogP contribution in [0.3, 0.4) is 0 Å². The molecule has 7 heteroatoms. The van der Waals surface area contributed by atoms with Crippen molar-refractivity contribution >= 4 is 27.9 Å². The number of benzene rings is 2. The van der Waals surface area contributed by atoms with E-state index in [-0.39, 0.29) is 6.01 Å². The lowest BCUT2D eigenvalue weighted by atomic mass is 10.2. The molecule has 1 heterocycles. The summed E-state index contributed by atoms with van der Waals surface area (Å²) in [5.41, 5.74) is 1.03. The second kappa shape index (κ2) is 6.07. The Morgan fingerprint density at radius 1 is 1.05 bits per heavy atom.